The van der Waals surface area contributed by atoms with Crippen molar-refractivity contribution in [2.75, 3.05) is 7.05 Å². The lowest BCUT2D eigenvalue weighted by Crippen LogP contribution is -2.47. The van der Waals surface area contributed by atoms with Crippen LogP contribution in [0.2, 0.25) is 0 Å². The van der Waals surface area contributed by atoms with Gasteiger partial charge in [-0.25, -0.2) is 4.72 Å². The van der Waals surface area contributed by atoms with E-state index in [-0.39, 0.29) is 0 Å². The molecule has 5 atom stereocenters. The van der Waals surface area contributed by atoms with Gasteiger partial charge in [-0.05, 0) is 106 Å². The maximum absolute atomic E-state index is 10.7. The van der Waals surface area contributed by atoms with Crippen molar-refractivity contribution in [1.82, 2.24) is 10.0 Å². The lowest BCUT2D eigenvalue weighted by molar-refractivity contribution is -0.111. The molecule has 29 heavy (non-hydrogen) atoms. The molecule has 0 saturated heterocycles. The number of fused-ring (bicyclic) bond motifs is 2. The zero-order valence-corrected chi connectivity index (χ0v) is 20.1. The zero-order chi connectivity index (χ0) is 21.4. The van der Waals surface area contributed by atoms with Gasteiger partial charge in [0.15, 0.2) is 0 Å². The number of carbonyl (C=O) groups excluding carboxylic acids is 1. The van der Waals surface area contributed by atoms with Gasteiger partial charge in [0.1, 0.15) is 6.29 Å². The first-order chi connectivity index (χ1) is 13.8. The molecular formula is C25H42N2OS. The Hall–Kier alpha value is -0.840. The van der Waals surface area contributed by atoms with Gasteiger partial charge in [0.05, 0.1) is 5.54 Å². The number of hydrogen-bond donors (Lipinski definition) is 2. The van der Waals surface area contributed by atoms with Crippen LogP contribution in [0.5, 0.6) is 0 Å². The summed E-state index contributed by atoms with van der Waals surface area (Å²) in [5.74, 6) is 3.91. The molecule has 1 aromatic rings. The second kappa shape index (κ2) is 11.5. The molecule has 2 bridgehead atoms. The van der Waals surface area contributed by atoms with Crippen molar-refractivity contribution < 1.29 is 4.79 Å². The van der Waals surface area contributed by atoms with E-state index in [2.05, 4.69) is 62.1 Å². The van der Waals surface area contributed by atoms with E-state index in [0.717, 1.165) is 47.3 Å². The number of carbonyl (C=O) groups is 1. The van der Waals surface area contributed by atoms with Crippen molar-refractivity contribution in [1.29, 1.82) is 0 Å². The number of rotatable bonds is 7. The van der Waals surface area contributed by atoms with Gasteiger partial charge in [0.25, 0.3) is 0 Å². The van der Waals surface area contributed by atoms with Crippen LogP contribution < -0.4 is 10.0 Å². The molecule has 0 spiro atoms. The third-order valence-corrected chi connectivity index (χ3v) is 7.56. The Kier molecular flexibility index (Phi) is 9.71. The molecular weight excluding hydrogens is 376 g/mol. The lowest BCUT2D eigenvalue weighted by Gasteiger charge is -2.46. The van der Waals surface area contributed by atoms with E-state index in [4.69, 9.17) is 0 Å². The second-order valence-electron chi connectivity index (χ2n) is 9.90. The van der Waals surface area contributed by atoms with Crippen molar-refractivity contribution >= 4 is 18.2 Å². The Morgan fingerprint density at radius 2 is 1.79 bits per heavy atom. The Balaban J connectivity index is 0.000000211. The van der Waals surface area contributed by atoms with Gasteiger partial charge < -0.3 is 10.1 Å². The third kappa shape index (κ3) is 7.73. The van der Waals surface area contributed by atoms with Crippen LogP contribution in [-0.2, 0) is 11.2 Å². The minimum atomic E-state index is -0.479. The van der Waals surface area contributed by atoms with E-state index in [1.807, 2.05) is 13.8 Å². The normalized spacial score (nSPS) is 29.0. The summed E-state index contributed by atoms with van der Waals surface area (Å²) in [7, 11) is 2.14. The largest absolute Gasteiger partial charge is 0.316 e. The van der Waals surface area contributed by atoms with Crippen LogP contribution in [0.4, 0.5) is 0 Å². The molecule has 2 saturated carbocycles. The topological polar surface area (TPSA) is 41.1 Å². The third-order valence-electron chi connectivity index (χ3n) is 6.42. The fourth-order valence-electron chi connectivity index (χ4n) is 5.17. The van der Waals surface area contributed by atoms with Crippen LogP contribution in [-0.4, -0.2) is 24.9 Å². The predicted octanol–water partition coefficient (Wildman–Crippen LogP) is 5.88. The maximum atomic E-state index is 10.7. The summed E-state index contributed by atoms with van der Waals surface area (Å²) in [4.78, 5) is 11.8. The van der Waals surface area contributed by atoms with Gasteiger partial charge in [-0.15, -0.1) is 0 Å². The highest BCUT2D eigenvalue weighted by atomic mass is 32.2. The minimum Gasteiger partial charge on any atom is -0.316 e. The van der Waals surface area contributed by atoms with E-state index in [1.54, 1.807) is 0 Å². The number of hydrogen-bond acceptors (Lipinski definition) is 4. The van der Waals surface area contributed by atoms with Gasteiger partial charge in [-0.1, -0.05) is 39.3 Å². The SMILES string of the molecule is CCCc1ccc(SNC(C)(C)C=O)cc1.CNC1C(C)CC2CC(C)CC1C2. The van der Waals surface area contributed by atoms with E-state index in [1.165, 1.54) is 49.6 Å². The Morgan fingerprint density at radius 3 is 2.38 bits per heavy atom. The molecule has 3 nitrogen and oxygen atoms in total. The highest BCUT2D eigenvalue weighted by Crippen LogP contribution is 2.44. The first kappa shape index (κ1) is 24.4. The minimum absolute atomic E-state index is 0.479. The summed E-state index contributed by atoms with van der Waals surface area (Å²) < 4.78 is 3.13. The molecule has 0 aromatic heterocycles. The van der Waals surface area contributed by atoms with Crippen LogP contribution in [0, 0.1) is 23.7 Å². The average Bonchev–Trinajstić information content (AvgIpc) is 2.68. The van der Waals surface area contributed by atoms with E-state index in [0.29, 0.717) is 0 Å². The molecule has 1 aromatic carbocycles. The van der Waals surface area contributed by atoms with Crippen molar-refractivity contribution in [3.8, 4) is 0 Å². The Labute approximate surface area is 183 Å². The molecule has 4 heteroatoms. The summed E-state index contributed by atoms with van der Waals surface area (Å²) >= 11 is 1.50. The lowest BCUT2D eigenvalue weighted by atomic mass is 9.63. The molecule has 0 aliphatic heterocycles. The van der Waals surface area contributed by atoms with E-state index in [9.17, 15) is 4.79 Å². The highest BCUT2D eigenvalue weighted by Gasteiger charge is 2.38. The summed E-state index contributed by atoms with van der Waals surface area (Å²) in [6, 6.07) is 9.26. The molecule has 0 amide bonds. The molecule has 2 fully saturated rings. The highest BCUT2D eigenvalue weighted by molar-refractivity contribution is 7.97. The molecule has 0 radical (unpaired) electrons. The number of aryl methyl sites for hydroxylation is 1. The van der Waals surface area contributed by atoms with Crippen molar-refractivity contribution in [2.24, 2.45) is 23.7 Å². The number of aldehydes is 1. The molecule has 2 N–H and O–H groups in total. The van der Waals surface area contributed by atoms with Crippen LogP contribution in [0.15, 0.2) is 29.2 Å². The standard InChI is InChI=1S/C13H19NOS.C12H23N/c1-4-5-11-6-8-12(9-7-11)16-14-13(2,3)10-15;1-8-4-10-6-9(2)12(13-3)11(5-8)7-10/h6-10,14H,4-5H2,1-3H3;8-13H,4-7H2,1-3H3. The number of nitrogens with one attached hydrogen (secondary N) is 2. The summed E-state index contributed by atoms with van der Waals surface area (Å²) in [5.41, 5.74) is 0.883. The first-order valence-electron chi connectivity index (χ1n) is 11.4. The summed E-state index contributed by atoms with van der Waals surface area (Å²) in [6.45, 7) is 10.8. The monoisotopic (exact) mass is 418 g/mol. The molecule has 5 unspecified atom stereocenters. The second-order valence-corrected chi connectivity index (χ2v) is 10.8. The van der Waals surface area contributed by atoms with Gasteiger partial charge in [-0.3, -0.25) is 0 Å². The molecule has 2 aliphatic carbocycles. The summed E-state index contributed by atoms with van der Waals surface area (Å²) in [5, 5.41) is 3.53. The zero-order valence-electron chi connectivity index (χ0n) is 19.3. The maximum Gasteiger partial charge on any atom is 0.140 e. The van der Waals surface area contributed by atoms with Crippen LogP contribution in [0.25, 0.3) is 0 Å². The van der Waals surface area contributed by atoms with Crippen molar-refractivity contribution in [2.45, 2.75) is 89.6 Å². The van der Waals surface area contributed by atoms with Crippen molar-refractivity contribution in [3.05, 3.63) is 29.8 Å². The molecule has 2 aliphatic rings. The molecule has 3 rings (SSSR count). The predicted molar refractivity (Wildman–Crippen MR) is 126 cm³/mol. The van der Waals surface area contributed by atoms with Crippen LogP contribution in [0.3, 0.4) is 0 Å². The Bertz CT molecular complexity index is 612. The fourth-order valence-corrected chi connectivity index (χ4v) is 5.87. The fraction of sp³-hybridized carbons (Fsp3) is 0.720. The summed E-state index contributed by atoms with van der Waals surface area (Å²) in [6.07, 6.45) is 9.14. The average molecular weight is 419 g/mol. The first-order valence-corrected chi connectivity index (χ1v) is 12.3. The number of benzene rings is 1. The van der Waals surface area contributed by atoms with Crippen molar-refractivity contribution in [3.63, 3.8) is 0 Å². The van der Waals surface area contributed by atoms with E-state index < -0.39 is 5.54 Å². The van der Waals surface area contributed by atoms with Crippen LogP contribution in [0.1, 0.15) is 72.3 Å². The Morgan fingerprint density at radius 1 is 1.10 bits per heavy atom. The van der Waals surface area contributed by atoms with Gasteiger partial charge >= 0.3 is 0 Å². The van der Waals surface area contributed by atoms with Gasteiger partial charge in [0, 0.05) is 10.9 Å². The van der Waals surface area contributed by atoms with Crippen LogP contribution >= 0.6 is 11.9 Å². The van der Waals surface area contributed by atoms with Gasteiger partial charge in [0.2, 0.25) is 0 Å². The van der Waals surface area contributed by atoms with Gasteiger partial charge in [-0.2, -0.15) is 0 Å². The quantitative estimate of drug-likeness (QED) is 0.428. The molecule has 164 valence electrons. The molecule has 0 heterocycles. The smallest absolute Gasteiger partial charge is 0.140 e. The van der Waals surface area contributed by atoms with E-state index >= 15 is 0 Å².